The molecular formula is C16H22N2O2. The van der Waals surface area contributed by atoms with Crippen molar-refractivity contribution in [3.63, 3.8) is 0 Å². The number of nitrogens with zero attached hydrogens (tertiary/aromatic N) is 1. The molecule has 2 aromatic rings. The smallest absolute Gasteiger partial charge is 0.145 e. The summed E-state index contributed by atoms with van der Waals surface area (Å²) in [6.07, 6.45) is 0.901. The minimum atomic E-state index is 0.414. The van der Waals surface area contributed by atoms with Crippen molar-refractivity contribution in [2.75, 3.05) is 20.8 Å². The molecule has 0 amide bonds. The maximum Gasteiger partial charge on any atom is 0.145 e. The number of fused-ring (bicyclic) bond motifs is 1. The van der Waals surface area contributed by atoms with Gasteiger partial charge in [-0.25, -0.2) is 4.98 Å². The van der Waals surface area contributed by atoms with E-state index in [0.29, 0.717) is 12.5 Å². The Bertz CT molecular complexity index is 611. The number of nitrogens with two attached hydrogens (primary N) is 1. The first-order valence-corrected chi connectivity index (χ1v) is 6.82. The molecule has 0 bridgehead atoms. The fourth-order valence-corrected chi connectivity index (χ4v) is 2.42. The second-order valence-electron chi connectivity index (χ2n) is 5.16. The third kappa shape index (κ3) is 2.70. The summed E-state index contributed by atoms with van der Waals surface area (Å²) in [4.78, 5) is 4.61. The highest BCUT2D eigenvalue weighted by Crippen LogP contribution is 2.35. The second-order valence-corrected chi connectivity index (χ2v) is 5.16. The molecule has 0 aliphatic carbocycles. The van der Waals surface area contributed by atoms with E-state index in [1.165, 1.54) is 5.56 Å². The van der Waals surface area contributed by atoms with Crippen LogP contribution in [-0.4, -0.2) is 25.7 Å². The predicted octanol–water partition coefficient (Wildman–Crippen LogP) is 2.70. The third-order valence-electron chi connectivity index (χ3n) is 3.51. The summed E-state index contributed by atoms with van der Waals surface area (Å²) in [5.74, 6) is 2.02. The van der Waals surface area contributed by atoms with E-state index in [-0.39, 0.29) is 0 Å². The van der Waals surface area contributed by atoms with Gasteiger partial charge >= 0.3 is 0 Å². The second kappa shape index (κ2) is 6.09. The summed E-state index contributed by atoms with van der Waals surface area (Å²) in [6, 6.07) is 6.00. The van der Waals surface area contributed by atoms with Crippen molar-refractivity contribution in [3.8, 4) is 11.5 Å². The molecule has 1 aromatic heterocycles. The van der Waals surface area contributed by atoms with Crippen LogP contribution in [0.4, 0.5) is 0 Å². The Labute approximate surface area is 119 Å². The molecule has 0 aliphatic rings. The highest BCUT2D eigenvalue weighted by molar-refractivity contribution is 5.93. The topological polar surface area (TPSA) is 57.4 Å². The molecule has 2 rings (SSSR count). The van der Waals surface area contributed by atoms with Crippen LogP contribution in [0, 0.1) is 12.8 Å². The van der Waals surface area contributed by atoms with Crippen LogP contribution in [0.3, 0.4) is 0 Å². The Morgan fingerprint density at radius 2 is 1.90 bits per heavy atom. The van der Waals surface area contributed by atoms with E-state index in [0.717, 1.165) is 34.5 Å². The zero-order chi connectivity index (χ0) is 14.7. The van der Waals surface area contributed by atoms with Crippen molar-refractivity contribution in [3.05, 3.63) is 29.5 Å². The van der Waals surface area contributed by atoms with Crippen molar-refractivity contribution < 1.29 is 9.47 Å². The van der Waals surface area contributed by atoms with Gasteiger partial charge in [0.25, 0.3) is 0 Å². The standard InChI is InChI=1S/C16H22N2O2/c1-10(9-17)7-12-5-6-13(19-3)16-15(12)14(20-4)8-11(2)18-16/h5-6,8,10H,7,9,17H2,1-4H3. The van der Waals surface area contributed by atoms with Gasteiger partial charge in [-0.05, 0) is 37.4 Å². The van der Waals surface area contributed by atoms with Crippen LogP contribution in [0.25, 0.3) is 10.9 Å². The molecule has 4 heteroatoms. The van der Waals surface area contributed by atoms with Crippen LogP contribution in [0.15, 0.2) is 18.2 Å². The first-order valence-electron chi connectivity index (χ1n) is 6.82. The zero-order valence-electron chi connectivity index (χ0n) is 12.6. The normalized spacial score (nSPS) is 12.4. The summed E-state index contributed by atoms with van der Waals surface area (Å²) in [5.41, 5.74) is 8.71. The average Bonchev–Trinajstić information content (AvgIpc) is 2.46. The quantitative estimate of drug-likeness (QED) is 0.910. The summed E-state index contributed by atoms with van der Waals surface area (Å²) in [6.45, 7) is 4.76. The first kappa shape index (κ1) is 14.6. The molecule has 0 aliphatic heterocycles. The van der Waals surface area contributed by atoms with Crippen LogP contribution in [0.2, 0.25) is 0 Å². The third-order valence-corrected chi connectivity index (χ3v) is 3.51. The molecule has 1 heterocycles. The van der Waals surface area contributed by atoms with Crippen LogP contribution >= 0.6 is 0 Å². The van der Waals surface area contributed by atoms with Crippen LogP contribution in [-0.2, 0) is 6.42 Å². The molecule has 4 nitrogen and oxygen atoms in total. The molecule has 0 radical (unpaired) electrons. The van der Waals surface area contributed by atoms with E-state index in [1.807, 2.05) is 19.1 Å². The fourth-order valence-electron chi connectivity index (χ4n) is 2.42. The van der Waals surface area contributed by atoms with Gasteiger partial charge < -0.3 is 15.2 Å². The summed E-state index contributed by atoms with van der Waals surface area (Å²) < 4.78 is 11.0. The van der Waals surface area contributed by atoms with Gasteiger partial charge in [0.1, 0.15) is 17.0 Å². The highest BCUT2D eigenvalue weighted by atomic mass is 16.5. The lowest BCUT2D eigenvalue weighted by molar-refractivity contribution is 0.413. The molecular weight excluding hydrogens is 252 g/mol. The van der Waals surface area contributed by atoms with E-state index in [4.69, 9.17) is 15.2 Å². The number of rotatable bonds is 5. The minimum absolute atomic E-state index is 0.414. The van der Waals surface area contributed by atoms with E-state index < -0.39 is 0 Å². The Hall–Kier alpha value is -1.81. The van der Waals surface area contributed by atoms with Crippen LogP contribution < -0.4 is 15.2 Å². The SMILES string of the molecule is COc1ccc(CC(C)CN)c2c(OC)cc(C)nc12. The lowest BCUT2D eigenvalue weighted by atomic mass is 9.96. The van der Waals surface area contributed by atoms with Crippen LogP contribution in [0.1, 0.15) is 18.2 Å². The number of ether oxygens (including phenoxy) is 2. The van der Waals surface area contributed by atoms with E-state index in [1.54, 1.807) is 14.2 Å². The monoisotopic (exact) mass is 274 g/mol. The molecule has 0 fully saturated rings. The van der Waals surface area contributed by atoms with Gasteiger partial charge in [-0.2, -0.15) is 0 Å². The number of aromatic nitrogens is 1. The maximum atomic E-state index is 5.74. The van der Waals surface area contributed by atoms with E-state index in [2.05, 4.69) is 18.0 Å². The number of hydrogen-bond donors (Lipinski definition) is 1. The number of hydrogen-bond acceptors (Lipinski definition) is 4. The lowest BCUT2D eigenvalue weighted by Crippen LogP contribution is -2.13. The molecule has 1 atom stereocenters. The predicted molar refractivity (Wildman–Crippen MR) is 81.5 cm³/mol. The molecule has 2 N–H and O–H groups in total. The highest BCUT2D eigenvalue weighted by Gasteiger charge is 2.15. The minimum Gasteiger partial charge on any atom is -0.496 e. The number of benzene rings is 1. The average molecular weight is 274 g/mol. The number of aryl methyl sites for hydroxylation is 1. The van der Waals surface area contributed by atoms with Crippen molar-refractivity contribution in [2.24, 2.45) is 11.7 Å². The summed E-state index contributed by atoms with van der Waals surface area (Å²) in [5, 5.41) is 1.03. The van der Waals surface area contributed by atoms with Crippen LogP contribution in [0.5, 0.6) is 11.5 Å². The number of pyridine rings is 1. The first-order chi connectivity index (χ1) is 9.60. The van der Waals surface area contributed by atoms with Gasteiger partial charge in [0.05, 0.1) is 14.2 Å². The molecule has 1 unspecified atom stereocenters. The molecule has 20 heavy (non-hydrogen) atoms. The van der Waals surface area contributed by atoms with Crippen molar-refractivity contribution in [1.82, 2.24) is 4.98 Å². The molecule has 108 valence electrons. The summed E-state index contributed by atoms with van der Waals surface area (Å²) in [7, 11) is 3.34. The van der Waals surface area contributed by atoms with Gasteiger partial charge in [0.15, 0.2) is 0 Å². The molecule has 0 saturated carbocycles. The van der Waals surface area contributed by atoms with Gasteiger partial charge in [0, 0.05) is 17.1 Å². The molecule has 1 aromatic carbocycles. The maximum absolute atomic E-state index is 5.74. The van der Waals surface area contributed by atoms with Gasteiger partial charge in [-0.3, -0.25) is 0 Å². The number of methoxy groups -OCH3 is 2. The van der Waals surface area contributed by atoms with Crippen molar-refractivity contribution in [1.29, 1.82) is 0 Å². The lowest BCUT2D eigenvalue weighted by Gasteiger charge is -2.16. The fraction of sp³-hybridized carbons (Fsp3) is 0.438. The largest absolute Gasteiger partial charge is 0.496 e. The van der Waals surface area contributed by atoms with Gasteiger partial charge in [0.2, 0.25) is 0 Å². The Morgan fingerprint density at radius 1 is 1.20 bits per heavy atom. The Morgan fingerprint density at radius 3 is 2.50 bits per heavy atom. The Kier molecular flexibility index (Phi) is 4.45. The Balaban J connectivity index is 2.70. The van der Waals surface area contributed by atoms with Gasteiger partial charge in [-0.1, -0.05) is 13.0 Å². The molecule has 0 spiro atoms. The van der Waals surface area contributed by atoms with Crippen molar-refractivity contribution >= 4 is 10.9 Å². The molecule has 0 saturated heterocycles. The van der Waals surface area contributed by atoms with E-state index >= 15 is 0 Å². The zero-order valence-corrected chi connectivity index (χ0v) is 12.6. The van der Waals surface area contributed by atoms with E-state index in [9.17, 15) is 0 Å². The van der Waals surface area contributed by atoms with Gasteiger partial charge in [-0.15, -0.1) is 0 Å². The summed E-state index contributed by atoms with van der Waals surface area (Å²) >= 11 is 0. The van der Waals surface area contributed by atoms with Crippen molar-refractivity contribution in [2.45, 2.75) is 20.3 Å².